The SMILES string of the molecule is CCCNC(Cc1ccco1)c1c(F)cccc1Cl. The zero-order valence-electron chi connectivity index (χ0n) is 10.8. The number of rotatable bonds is 6. The molecule has 1 aromatic carbocycles. The molecule has 1 atom stereocenters. The first-order valence-corrected chi connectivity index (χ1v) is 6.79. The first kappa shape index (κ1) is 14.1. The van der Waals surface area contributed by atoms with Crippen LogP contribution in [0.1, 0.15) is 30.7 Å². The summed E-state index contributed by atoms with van der Waals surface area (Å²) in [6.45, 7) is 2.87. The van der Waals surface area contributed by atoms with Crippen LogP contribution in [0.25, 0.3) is 0 Å². The summed E-state index contributed by atoms with van der Waals surface area (Å²) >= 11 is 6.13. The van der Waals surface area contributed by atoms with Gasteiger partial charge in [-0.05, 0) is 37.2 Å². The van der Waals surface area contributed by atoms with Crippen LogP contribution in [-0.4, -0.2) is 6.54 Å². The van der Waals surface area contributed by atoms with Gasteiger partial charge in [-0.2, -0.15) is 0 Å². The molecule has 1 N–H and O–H groups in total. The molecule has 1 unspecified atom stereocenters. The summed E-state index contributed by atoms with van der Waals surface area (Å²) in [4.78, 5) is 0. The number of benzene rings is 1. The summed E-state index contributed by atoms with van der Waals surface area (Å²) in [6.07, 6.45) is 3.17. The summed E-state index contributed by atoms with van der Waals surface area (Å²) in [5, 5.41) is 3.77. The molecule has 0 radical (unpaired) electrons. The van der Waals surface area contributed by atoms with Gasteiger partial charge in [0.05, 0.1) is 6.26 Å². The molecule has 1 aromatic heterocycles. The first-order valence-electron chi connectivity index (χ1n) is 6.42. The van der Waals surface area contributed by atoms with Crippen molar-refractivity contribution < 1.29 is 8.81 Å². The summed E-state index contributed by atoms with van der Waals surface area (Å²) in [7, 11) is 0. The highest BCUT2D eigenvalue weighted by Crippen LogP contribution is 2.28. The van der Waals surface area contributed by atoms with Crippen LogP contribution in [0.4, 0.5) is 4.39 Å². The third kappa shape index (κ3) is 3.58. The van der Waals surface area contributed by atoms with Crippen LogP contribution in [0, 0.1) is 5.82 Å². The van der Waals surface area contributed by atoms with Crippen LogP contribution < -0.4 is 5.32 Å². The van der Waals surface area contributed by atoms with Crippen molar-refractivity contribution in [2.24, 2.45) is 0 Å². The molecule has 0 aliphatic heterocycles. The monoisotopic (exact) mass is 281 g/mol. The van der Waals surface area contributed by atoms with Crippen molar-refractivity contribution in [3.8, 4) is 0 Å². The highest BCUT2D eigenvalue weighted by Gasteiger charge is 2.19. The lowest BCUT2D eigenvalue weighted by Crippen LogP contribution is -2.25. The fraction of sp³-hybridized carbons (Fsp3) is 0.333. The molecule has 2 rings (SSSR count). The summed E-state index contributed by atoms with van der Waals surface area (Å²) in [5.41, 5.74) is 0.508. The minimum atomic E-state index is -0.285. The Bertz CT molecular complexity index is 493. The van der Waals surface area contributed by atoms with Crippen molar-refractivity contribution in [2.75, 3.05) is 6.54 Å². The molecule has 0 aliphatic carbocycles. The Balaban J connectivity index is 2.26. The molecule has 0 amide bonds. The lowest BCUT2D eigenvalue weighted by molar-refractivity contribution is 0.438. The van der Waals surface area contributed by atoms with Gasteiger partial charge in [-0.15, -0.1) is 0 Å². The molecule has 0 aliphatic rings. The predicted molar refractivity (Wildman–Crippen MR) is 74.9 cm³/mol. The van der Waals surface area contributed by atoms with Crippen molar-refractivity contribution in [3.05, 3.63) is 58.8 Å². The van der Waals surface area contributed by atoms with E-state index in [0.717, 1.165) is 18.7 Å². The van der Waals surface area contributed by atoms with Crippen LogP contribution in [0.15, 0.2) is 41.0 Å². The molecule has 4 heteroatoms. The number of furan rings is 1. The predicted octanol–water partition coefficient (Wildman–Crippen LogP) is 4.36. The van der Waals surface area contributed by atoms with Crippen LogP contribution in [0.2, 0.25) is 5.02 Å². The molecule has 0 bridgehead atoms. The molecule has 0 fully saturated rings. The van der Waals surface area contributed by atoms with Crippen molar-refractivity contribution in [1.29, 1.82) is 0 Å². The van der Waals surface area contributed by atoms with Crippen molar-refractivity contribution in [2.45, 2.75) is 25.8 Å². The maximum atomic E-state index is 14.0. The summed E-state index contributed by atoms with van der Waals surface area (Å²) in [5.74, 6) is 0.528. The van der Waals surface area contributed by atoms with Gasteiger partial charge < -0.3 is 9.73 Å². The highest BCUT2D eigenvalue weighted by molar-refractivity contribution is 6.31. The second-order valence-corrected chi connectivity index (χ2v) is 4.83. The maximum absolute atomic E-state index is 14.0. The van der Waals surface area contributed by atoms with Gasteiger partial charge in [-0.3, -0.25) is 0 Å². The normalized spacial score (nSPS) is 12.6. The number of hydrogen-bond acceptors (Lipinski definition) is 2. The average Bonchev–Trinajstić information content (AvgIpc) is 2.88. The minimum Gasteiger partial charge on any atom is -0.469 e. The molecule has 2 aromatic rings. The van der Waals surface area contributed by atoms with E-state index in [9.17, 15) is 4.39 Å². The Kier molecular flexibility index (Phi) is 5.00. The van der Waals surface area contributed by atoms with E-state index in [0.29, 0.717) is 17.0 Å². The lowest BCUT2D eigenvalue weighted by Gasteiger charge is -2.19. The van der Waals surface area contributed by atoms with Gasteiger partial charge in [0.15, 0.2) is 0 Å². The van der Waals surface area contributed by atoms with Crippen molar-refractivity contribution in [1.82, 2.24) is 5.32 Å². The second kappa shape index (κ2) is 6.73. The fourth-order valence-corrected chi connectivity index (χ4v) is 2.36. The molecular formula is C15H17ClFNO. The Morgan fingerprint density at radius 1 is 1.32 bits per heavy atom. The average molecular weight is 282 g/mol. The van der Waals surface area contributed by atoms with E-state index in [-0.39, 0.29) is 11.9 Å². The van der Waals surface area contributed by atoms with E-state index in [2.05, 4.69) is 12.2 Å². The van der Waals surface area contributed by atoms with E-state index >= 15 is 0 Å². The van der Waals surface area contributed by atoms with Crippen molar-refractivity contribution >= 4 is 11.6 Å². The Labute approximate surface area is 117 Å². The van der Waals surface area contributed by atoms with Gasteiger partial charge in [0.2, 0.25) is 0 Å². The van der Waals surface area contributed by atoms with Gasteiger partial charge in [0.1, 0.15) is 11.6 Å². The van der Waals surface area contributed by atoms with Crippen LogP contribution >= 0.6 is 11.6 Å². The lowest BCUT2D eigenvalue weighted by atomic mass is 10.0. The minimum absolute atomic E-state index is 0.181. The zero-order chi connectivity index (χ0) is 13.7. The second-order valence-electron chi connectivity index (χ2n) is 4.43. The Hall–Kier alpha value is -1.32. The molecular weight excluding hydrogens is 265 g/mol. The summed E-state index contributed by atoms with van der Waals surface area (Å²) < 4.78 is 19.3. The number of hydrogen-bond donors (Lipinski definition) is 1. The largest absolute Gasteiger partial charge is 0.469 e. The Morgan fingerprint density at radius 2 is 2.16 bits per heavy atom. The molecule has 0 saturated heterocycles. The van der Waals surface area contributed by atoms with Crippen LogP contribution in [0.5, 0.6) is 0 Å². The fourth-order valence-electron chi connectivity index (χ4n) is 2.07. The highest BCUT2D eigenvalue weighted by atomic mass is 35.5. The molecule has 102 valence electrons. The molecule has 1 heterocycles. The summed E-state index contributed by atoms with van der Waals surface area (Å²) in [6, 6.07) is 8.29. The quantitative estimate of drug-likeness (QED) is 0.851. The van der Waals surface area contributed by atoms with E-state index in [1.165, 1.54) is 6.07 Å². The third-order valence-corrected chi connectivity index (χ3v) is 3.30. The number of nitrogens with one attached hydrogen (secondary N) is 1. The Morgan fingerprint density at radius 3 is 2.79 bits per heavy atom. The van der Waals surface area contributed by atoms with E-state index < -0.39 is 0 Å². The maximum Gasteiger partial charge on any atom is 0.129 e. The third-order valence-electron chi connectivity index (χ3n) is 2.97. The van der Waals surface area contributed by atoms with Crippen molar-refractivity contribution in [3.63, 3.8) is 0 Å². The van der Waals surface area contributed by atoms with Gasteiger partial charge >= 0.3 is 0 Å². The van der Waals surface area contributed by atoms with Gasteiger partial charge in [0, 0.05) is 23.0 Å². The molecule has 19 heavy (non-hydrogen) atoms. The first-order chi connectivity index (χ1) is 9.22. The molecule has 0 spiro atoms. The number of halogens is 2. The van der Waals surface area contributed by atoms with Crippen LogP contribution in [-0.2, 0) is 6.42 Å². The van der Waals surface area contributed by atoms with Gasteiger partial charge in [-0.1, -0.05) is 24.6 Å². The smallest absolute Gasteiger partial charge is 0.129 e. The standard InChI is InChI=1S/C15H17ClFNO/c1-2-8-18-14(10-11-5-4-9-19-11)15-12(16)6-3-7-13(15)17/h3-7,9,14,18H,2,8,10H2,1H3. The molecule has 0 saturated carbocycles. The molecule has 2 nitrogen and oxygen atoms in total. The van der Waals surface area contributed by atoms with Crippen LogP contribution in [0.3, 0.4) is 0 Å². The van der Waals surface area contributed by atoms with E-state index in [1.807, 2.05) is 12.1 Å². The van der Waals surface area contributed by atoms with E-state index in [4.69, 9.17) is 16.0 Å². The topological polar surface area (TPSA) is 25.2 Å². The van der Waals surface area contributed by atoms with E-state index in [1.54, 1.807) is 18.4 Å². The van der Waals surface area contributed by atoms with Gasteiger partial charge in [-0.25, -0.2) is 4.39 Å². The van der Waals surface area contributed by atoms with Gasteiger partial charge in [0.25, 0.3) is 0 Å². The zero-order valence-corrected chi connectivity index (χ0v) is 11.6.